The number of carbonyl (C=O) groups is 1. The van der Waals surface area contributed by atoms with Gasteiger partial charge in [0.05, 0.1) is 22.0 Å². The van der Waals surface area contributed by atoms with Crippen molar-refractivity contribution in [3.63, 3.8) is 0 Å². The molecule has 3 rings (SSSR count). The monoisotopic (exact) mass is 331 g/mol. The van der Waals surface area contributed by atoms with Crippen molar-refractivity contribution in [2.45, 2.75) is 17.1 Å². The van der Waals surface area contributed by atoms with E-state index < -0.39 is 0 Å². The number of fused-ring (bicyclic) bond motifs is 1. The number of thioether (sulfide) groups is 1. The zero-order chi connectivity index (χ0) is 15.5. The minimum atomic E-state index is -0.250. The number of rotatable bonds is 4. The molecule has 1 aromatic heterocycles. The van der Waals surface area contributed by atoms with Crippen LogP contribution in [0.5, 0.6) is 0 Å². The van der Waals surface area contributed by atoms with Crippen LogP contribution < -0.4 is 5.32 Å². The maximum Gasteiger partial charge on any atom is 0.237 e. The van der Waals surface area contributed by atoms with Crippen molar-refractivity contribution in [1.82, 2.24) is 10.2 Å². The third kappa shape index (κ3) is 3.26. The molecule has 1 amide bonds. The summed E-state index contributed by atoms with van der Waals surface area (Å²) in [5.41, 5.74) is 1.70. The summed E-state index contributed by atoms with van der Waals surface area (Å²) in [6, 6.07) is 13.2. The summed E-state index contributed by atoms with van der Waals surface area (Å²) in [5.74, 6) is -0.0623. The Hall–Kier alpha value is -1.98. The van der Waals surface area contributed by atoms with Crippen LogP contribution in [0.1, 0.15) is 6.92 Å². The van der Waals surface area contributed by atoms with E-state index in [1.165, 1.54) is 11.8 Å². The number of amides is 1. The normalized spacial score (nSPS) is 12.3. The molecule has 3 aromatic rings. The Labute approximate surface area is 137 Å². The van der Waals surface area contributed by atoms with Crippen molar-refractivity contribution >= 4 is 45.9 Å². The summed E-state index contributed by atoms with van der Waals surface area (Å²) < 4.78 is 0. The first-order chi connectivity index (χ1) is 10.6. The molecular formula is C16H14ClN3OS. The molecule has 0 saturated heterocycles. The lowest BCUT2D eigenvalue weighted by atomic mass is 10.2. The Morgan fingerprint density at radius 3 is 2.95 bits per heavy atom. The molecule has 112 valence electrons. The molecule has 2 aromatic carbocycles. The number of halogens is 1. The van der Waals surface area contributed by atoms with Gasteiger partial charge in [-0.1, -0.05) is 23.7 Å². The van der Waals surface area contributed by atoms with E-state index in [0.717, 1.165) is 21.5 Å². The van der Waals surface area contributed by atoms with Crippen molar-refractivity contribution in [2.75, 3.05) is 5.32 Å². The molecule has 0 bridgehead atoms. The highest BCUT2D eigenvalue weighted by atomic mass is 35.5. The quantitative estimate of drug-likeness (QED) is 0.699. The van der Waals surface area contributed by atoms with Crippen molar-refractivity contribution in [1.29, 1.82) is 0 Å². The largest absolute Gasteiger partial charge is 0.325 e. The SMILES string of the molecule is CC(Sc1ccccc1Cl)C(=O)Nc1ccc2[nH]ncc2c1. The molecule has 1 unspecified atom stereocenters. The van der Waals surface area contributed by atoms with Crippen LogP contribution in [0.3, 0.4) is 0 Å². The fourth-order valence-electron chi connectivity index (χ4n) is 2.05. The first-order valence-corrected chi connectivity index (χ1v) is 8.04. The minimum absolute atomic E-state index is 0.0623. The molecule has 0 saturated carbocycles. The second-order valence-electron chi connectivity index (χ2n) is 4.85. The molecule has 1 atom stereocenters. The molecule has 0 radical (unpaired) electrons. The number of H-pyrrole nitrogens is 1. The van der Waals surface area contributed by atoms with Gasteiger partial charge in [0.1, 0.15) is 0 Å². The number of hydrogen-bond acceptors (Lipinski definition) is 3. The third-order valence-corrected chi connectivity index (χ3v) is 4.84. The van der Waals surface area contributed by atoms with Gasteiger partial charge < -0.3 is 5.32 Å². The topological polar surface area (TPSA) is 57.8 Å². The fourth-order valence-corrected chi connectivity index (χ4v) is 3.20. The maximum atomic E-state index is 12.3. The van der Waals surface area contributed by atoms with Gasteiger partial charge in [-0.25, -0.2) is 0 Å². The van der Waals surface area contributed by atoms with Gasteiger partial charge in [0.2, 0.25) is 5.91 Å². The maximum absolute atomic E-state index is 12.3. The zero-order valence-electron chi connectivity index (χ0n) is 11.8. The lowest BCUT2D eigenvalue weighted by Crippen LogP contribution is -2.22. The smallest absolute Gasteiger partial charge is 0.237 e. The van der Waals surface area contributed by atoms with Gasteiger partial charge in [-0.15, -0.1) is 11.8 Å². The predicted molar refractivity (Wildman–Crippen MR) is 91.5 cm³/mol. The number of nitrogens with zero attached hydrogens (tertiary/aromatic N) is 1. The standard InChI is InChI=1S/C16H14ClN3OS/c1-10(22-15-5-3-2-4-13(15)17)16(21)19-12-6-7-14-11(8-12)9-18-20-14/h2-10H,1H3,(H,18,20)(H,19,21). The Kier molecular flexibility index (Phi) is 4.36. The second kappa shape index (κ2) is 6.42. The van der Waals surface area contributed by atoms with Crippen LogP contribution in [0.2, 0.25) is 5.02 Å². The van der Waals surface area contributed by atoms with E-state index in [4.69, 9.17) is 11.6 Å². The van der Waals surface area contributed by atoms with Crippen molar-refractivity contribution in [3.05, 3.63) is 53.7 Å². The summed E-state index contributed by atoms with van der Waals surface area (Å²) in [5, 5.41) is 11.1. The van der Waals surface area contributed by atoms with Crippen LogP contribution >= 0.6 is 23.4 Å². The highest BCUT2D eigenvalue weighted by molar-refractivity contribution is 8.00. The van der Waals surface area contributed by atoms with E-state index in [0.29, 0.717) is 5.02 Å². The summed E-state index contributed by atoms with van der Waals surface area (Å²) in [7, 11) is 0. The number of hydrogen-bond donors (Lipinski definition) is 2. The van der Waals surface area contributed by atoms with Crippen LogP contribution in [0, 0.1) is 0 Å². The number of nitrogens with one attached hydrogen (secondary N) is 2. The van der Waals surface area contributed by atoms with Crippen LogP contribution in [-0.2, 0) is 4.79 Å². The minimum Gasteiger partial charge on any atom is -0.325 e. The van der Waals surface area contributed by atoms with Crippen molar-refractivity contribution in [3.8, 4) is 0 Å². The van der Waals surface area contributed by atoms with E-state index in [1.807, 2.05) is 49.4 Å². The molecule has 0 aliphatic heterocycles. The lowest BCUT2D eigenvalue weighted by Gasteiger charge is -2.13. The molecule has 1 heterocycles. The summed E-state index contributed by atoms with van der Waals surface area (Å²) in [4.78, 5) is 13.2. The molecule has 4 nitrogen and oxygen atoms in total. The number of anilines is 1. The van der Waals surface area contributed by atoms with E-state index in [-0.39, 0.29) is 11.2 Å². The Balaban J connectivity index is 1.69. The Bertz CT molecular complexity index is 818. The van der Waals surface area contributed by atoms with Crippen molar-refractivity contribution in [2.24, 2.45) is 0 Å². The van der Waals surface area contributed by atoms with Gasteiger partial charge in [-0.3, -0.25) is 9.89 Å². The van der Waals surface area contributed by atoms with Gasteiger partial charge in [0, 0.05) is 16.0 Å². The van der Waals surface area contributed by atoms with Crippen LogP contribution in [-0.4, -0.2) is 21.4 Å². The van der Waals surface area contributed by atoms with E-state index in [9.17, 15) is 4.79 Å². The molecule has 22 heavy (non-hydrogen) atoms. The summed E-state index contributed by atoms with van der Waals surface area (Å²) in [6.45, 7) is 1.86. The van der Waals surface area contributed by atoms with Gasteiger partial charge in [0.25, 0.3) is 0 Å². The molecule has 6 heteroatoms. The molecule has 2 N–H and O–H groups in total. The third-order valence-electron chi connectivity index (χ3n) is 3.22. The van der Waals surface area contributed by atoms with E-state index in [2.05, 4.69) is 15.5 Å². The Morgan fingerprint density at radius 2 is 2.14 bits per heavy atom. The summed E-state index contributed by atoms with van der Waals surface area (Å²) >= 11 is 7.56. The average Bonchev–Trinajstić information content (AvgIpc) is 2.97. The molecule has 0 aliphatic carbocycles. The number of carbonyl (C=O) groups excluding carboxylic acids is 1. The number of aromatic nitrogens is 2. The average molecular weight is 332 g/mol. The predicted octanol–water partition coefficient (Wildman–Crippen LogP) is 4.34. The fraction of sp³-hybridized carbons (Fsp3) is 0.125. The molecular weight excluding hydrogens is 318 g/mol. The molecule has 0 spiro atoms. The first-order valence-electron chi connectivity index (χ1n) is 6.78. The lowest BCUT2D eigenvalue weighted by molar-refractivity contribution is -0.115. The van der Waals surface area contributed by atoms with Gasteiger partial charge >= 0.3 is 0 Å². The summed E-state index contributed by atoms with van der Waals surface area (Å²) in [6.07, 6.45) is 1.73. The highest BCUT2D eigenvalue weighted by Crippen LogP contribution is 2.30. The van der Waals surface area contributed by atoms with E-state index >= 15 is 0 Å². The second-order valence-corrected chi connectivity index (χ2v) is 6.64. The Morgan fingerprint density at radius 1 is 1.32 bits per heavy atom. The van der Waals surface area contributed by atoms with E-state index in [1.54, 1.807) is 6.20 Å². The molecule has 0 fully saturated rings. The van der Waals surface area contributed by atoms with Gasteiger partial charge in [0.15, 0.2) is 0 Å². The highest BCUT2D eigenvalue weighted by Gasteiger charge is 2.16. The number of aromatic amines is 1. The van der Waals surface area contributed by atoms with Crippen LogP contribution in [0.4, 0.5) is 5.69 Å². The van der Waals surface area contributed by atoms with Crippen molar-refractivity contribution < 1.29 is 4.79 Å². The zero-order valence-corrected chi connectivity index (χ0v) is 13.4. The molecule has 0 aliphatic rings. The van der Waals surface area contributed by atoms with Crippen LogP contribution in [0.25, 0.3) is 10.9 Å². The first kappa shape index (κ1) is 14.9. The number of benzene rings is 2. The van der Waals surface area contributed by atoms with Crippen LogP contribution in [0.15, 0.2) is 53.6 Å². The van der Waals surface area contributed by atoms with Gasteiger partial charge in [-0.2, -0.15) is 5.10 Å². The van der Waals surface area contributed by atoms with Gasteiger partial charge in [-0.05, 0) is 37.3 Å².